The highest BCUT2D eigenvalue weighted by Gasteiger charge is 2.07. The zero-order chi connectivity index (χ0) is 17.5. The summed E-state index contributed by atoms with van der Waals surface area (Å²) in [5, 5.41) is 12.9. The number of carbonyl (C=O) groups excluding carboxylic acids is 1. The Balaban J connectivity index is 1.85. The molecule has 2 aromatic rings. The summed E-state index contributed by atoms with van der Waals surface area (Å²) in [6.45, 7) is 1.72. The molecule has 7 heteroatoms. The van der Waals surface area contributed by atoms with Crippen molar-refractivity contribution in [1.29, 1.82) is 5.26 Å². The molecule has 24 heavy (non-hydrogen) atoms. The van der Waals surface area contributed by atoms with Crippen molar-refractivity contribution in [2.45, 2.75) is 6.92 Å². The molecule has 1 N–H and O–H groups in total. The Morgan fingerprint density at radius 2 is 2.04 bits per heavy atom. The maximum Gasteiger partial charge on any atom is 0.277 e. The number of nitrogens with one attached hydrogen (secondary N) is 1. The molecule has 2 rings (SSSR count). The number of amides is 1. The zero-order valence-corrected chi connectivity index (χ0v) is 13.7. The van der Waals surface area contributed by atoms with Crippen molar-refractivity contribution in [1.82, 2.24) is 9.99 Å². The molecule has 0 bridgehead atoms. The standard InChI is InChI=1S/C17H18N4O3/c1-12-13(8-14(9-18)21(12)2)10-19-20-17(22)11-24-16-6-4-15(23-3)5-7-16/h4-8,10H,11H2,1-3H3,(H,20,22)/b19-10-. The summed E-state index contributed by atoms with van der Waals surface area (Å²) in [6, 6.07) is 10.7. The number of hydrogen-bond acceptors (Lipinski definition) is 5. The van der Waals surface area contributed by atoms with E-state index in [0.717, 1.165) is 11.3 Å². The molecule has 0 radical (unpaired) electrons. The van der Waals surface area contributed by atoms with Crippen LogP contribution in [0.5, 0.6) is 11.5 Å². The molecule has 0 unspecified atom stereocenters. The van der Waals surface area contributed by atoms with E-state index < -0.39 is 0 Å². The average molecular weight is 326 g/mol. The second kappa shape index (κ2) is 7.83. The minimum absolute atomic E-state index is 0.152. The second-order valence-electron chi connectivity index (χ2n) is 5.00. The van der Waals surface area contributed by atoms with Crippen molar-refractivity contribution in [3.05, 3.63) is 47.3 Å². The molecule has 0 aliphatic heterocycles. The van der Waals surface area contributed by atoms with Crippen LogP contribution < -0.4 is 14.9 Å². The maximum absolute atomic E-state index is 11.7. The van der Waals surface area contributed by atoms with Crippen molar-refractivity contribution in [2.75, 3.05) is 13.7 Å². The fourth-order valence-corrected chi connectivity index (χ4v) is 1.99. The Kier molecular flexibility index (Phi) is 5.58. The molecule has 1 aromatic carbocycles. The van der Waals surface area contributed by atoms with Gasteiger partial charge < -0.3 is 14.0 Å². The van der Waals surface area contributed by atoms with E-state index in [9.17, 15) is 4.79 Å². The quantitative estimate of drug-likeness (QED) is 0.647. The van der Waals surface area contributed by atoms with E-state index in [0.29, 0.717) is 17.2 Å². The van der Waals surface area contributed by atoms with Crippen LogP contribution in [0.2, 0.25) is 0 Å². The lowest BCUT2D eigenvalue weighted by Crippen LogP contribution is -2.24. The Morgan fingerprint density at radius 3 is 2.62 bits per heavy atom. The predicted octanol–water partition coefficient (Wildman–Crippen LogP) is 1.74. The number of methoxy groups -OCH3 is 1. The van der Waals surface area contributed by atoms with Crippen molar-refractivity contribution in [2.24, 2.45) is 12.1 Å². The molecule has 0 fully saturated rings. The number of hydrazone groups is 1. The van der Waals surface area contributed by atoms with E-state index in [1.54, 1.807) is 49.1 Å². The Labute approximate surface area is 140 Å². The van der Waals surface area contributed by atoms with Crippen LogP contribution in [0.3, 0.4) is 0 Å². The molecule has 7 nitrogen and oxygen atoms in total. The summed E-state index contributed by atoms with van der Waals surface area (Å²) in [7, 11) is 3.38. The molecule has 0 saturated carbocycles. The number of ether oxygens (including phenoxy) is 2. The number of aromatic nitrogens is 1. The van der Waals surface area contributed by atoms with Crippen LogP contribution in [0.1, 0.15) is 17.0 Å². The van der Waals surface area contributed by atoms with Gasteiger partial charge in [-0.1, -0.05) is 0 Å². The number of hydrogen-bond donors (Lipinski definition) is 1. The van der Waals surface area contributed by atoms with E-state index in [-0.39, 0.29) is 12.5 Å². The molecular weight excluding hydrogens is 308 g/mol. The smallest absolute Gasteiger partial charge is 0.277 e. The third-order valence-corrected chi connectivity index (χ3v) is 3.51. The third kappa shape index (κ3) is 4.14. The second-order valence-corrected chi connectivity index (χ2v) is 5.00. The summed E-state index contributed by atoms with van der Waals surface area (Å²) < 4.78 is 12.1. The van der Waals surface area contributed by atoms with Gasteiger partial charge in [0, 0.05) is 18.3 Å². The fourth-order valence-electron chi connectivity index (χ4n) is 1.99. The van der Waals surface area contributed by atoms with Gasteiger partial charge in [0.2, 0.25) is 0 Å². The van der Waals surface area contributed by atoms with Crippen molar-refractivity contribution < 1.29 is 14.3 Å². The van der Waals surface area contributed by atoms with Crippen LogP contribution in [-0.2, 0) is 11.8 Å². The van der Waals surface area contributed by atoms with Gasteiger partial charge in [-0.2, -0.15) is 10.4 Å². The van der Waals surface area contributed by atoms with Gasteiger partial charge >= 0.3 is 0 Å². The molecule has 0 saturated heterocycles. The lowest BCUT2D eigenvalue weighted by atomic mass is 10.3. The molecule has 0 aliphatic rings. The monoisotopic (exact) mass is 326 g/mol. The number of rotatable bonds is 6. The van der Waals surface area contributed by atoms with Gasteiger partial charge in [0.15, 0.2) is 6.61 Å². The summed E-state index contributed by atoms with van der Waals surface area (Å²) in [5.74, 6) is 0.898. The number of nitrogens with zero attached hydrogens (tertiary/aromatic N) is 3. The third-order valence-electron chi connectivity index (χ3n) is 3.51. The summed E-state index contributed by atoms with van der Waals surface area (Å²) in [5.41, 5.74) is 4.57. The highest BCUT2D eigenvalue weighted by atomic mass is 16.5. The van der Waals surface area contributed by atoms with E-state index in [2.05, 4.69) is 16.6 Å². The molecule has 0 aliphatic carbocycles. The van der Waals surface area contributed by atoms with Crippen LogP contribution in [-0.4, -0.2) is 30.4 Å². The van der Waals surface area contributed by atoms with Crippen LogP contribution >= 0.6 is 0 Å². The first-order valence-corrected chi connectivity index (χ1v) is 7.20. The fraction of sp³-hybridized carbons (Fsp3) is 0.235. The van der Waals surface area contributed by atoms with Gasteiger partial charge in [-0.05, 0) is 37.3 Å². The molecular formula is C17H18N4O3. The van der Waals surface area contributed by atoms with Crippen LogP contribution in [0, 0.1) is 18.3 Å². The molecule has 0 spiro atoms. The van der Waals surface area contributed by atoms with Crippen molar-refractivity contribution in [3.63, 3.8) is 0 Å². The lowest BCUT2D eigenvalue weighted by Gasteiger charge is -2.05. The SMILES string of the molecule is COc1ccc(OCC(=O)N/N=C\c2cc(C#N)n(C)c2C)cc1. The van der Waals surface area contributed by atoms with Gasteiger partial charge in [-0.3, -0.25) is 4.79 Å². The Morgan fingerprint density at radius 1 is 1.38 bits per heavy atom. The number of carbonyl (C=O) groups is 1. The topological polar surface area (TPSA) is 88.6 Å². The molecule has 1 aromatic heterocycles. The first kappa shape index (κ1) is 17.1. The normalized spacial score (nSPS) is 10.4. The zero-order valence-electron chi connectivity index (χ0n) is 13.7. The van der Waals surface area contributed by atoms with E-state index in [4.69, 9.17) is 14.7 Å². The van der Waals surface area contributed by atoms with E-state index in [1.807, 2.05) is 6.92 Å². The molecule has 1 heterocycles. The number of benzene rings is 1. The molecule has 124 valence electrons. The van der Waals surface area contributed by atoms with Gasteiger partial charge in [-0.25, -0.2) is 5.43 Å². The van der Waals surface area contributed by atoms with Gasteiger partial charge in [0.05, 0.1) is 13.3 Å². The van der Waals surface area contributed by atoms with Crippen molar-refractivity contribution >= 4 is 12.1 Å². The maximum atomic E-state index is 11.7. The van der Waals surface area contributed by atoms with E-state index >= 15 is 0 Å². The first-order chi connectivity index (χ1) is 11.5. The number of nitriles is 1. The highest BCUT2D eigenvalue weighted by Crippen LogP contribution is 2.16. The van der Waals surface area contributed by atoms with Gasteiger partial charge in [-0.15, -0.1) is 0 Å². The lowest BCUT2D eigenvalue weighted by molar-refractivity contribution is -0.123. The van der Waals surface area contributed by atoms with Gasteiger partial charge in [0.25, 0.3) is 5.91 Å². The largest absolute Gasteiger partial charge is 0.497 e. The van der Waals surface area contributed by atoms with Crippen molar-refractivity contribution in [3.8, 4) is 17.6 Å². The minimum Gasteiger partial charge on any atom is -0.497 e. The first-order valence-electron chi connectivity index (χ1n) is 7.20. The molecule has 0 atom stereocenters. The summed E-state index contributed by atoms with van der Waals surface area (Å²) in [6.07, 6.45) is 1.50. The van der Waals surface area contributed by atoms with Crippen LogP contribution in [0.15, 0.2) is 35.4 Å². The van der Waals surface area contributed by atoms with Gasteiger partial charge in [0.1, 0.15) is 23.3 Å². The van der Waals surface area contributed by atoms with Crippen LogP contribution in [0.4, 0.5) is 0 Å². The Bertz CT molecular complexity index is 785. The molecule has 1 amide bonds. The summed E-state index contributed by atoms with van der Waals surface area (Å²) >= 11 is 0. The Hall–Kier alpha value is -3.27. The highest BCUT2D eigenvalue weighted by molar-refractivity contribution is 5.84. The van der Waals surface area contributed by atoms with Crippen LogP contribution in [0.25, 0.3) is 0 Å². The van der Waals surface area contributed by atoms with E-state index in [1.165, 1.54) is 6.21 Å². The minimum atomic E-state index is -0.379. The predicted molar refractivity (Wildman–Crippen MR) is 89.1 cm³/mol. The summed E-state index contributed by atoms with van der Waals surface area (Å²) in [4.78, 5) is 11.7. The average Bonchev–Trinajstić information content (AvgIpc) is 2.88.